The number of sulfonamides is 1. The normalized spacial score (nSPS) is 25.8. The van der Waals surface area contributed by atoms with Crippen LogP contribution in [0, 0.1) is 11.8 Å². The van der Waals surface area contributed by atoms with E-state index in [0.29, 0.717) is 30.5 Å². The smallest absolute Gasteiger partial charge is 0.253 e. The highest BCUT2D eigenvalue weighted by Gasteiger charge is 2.29. The third-order valence-corrected chi connectivity index (χ3v) is 7.08. The molecule has 2 atom stereocenters. The second-order valence-electron chi connectivity index (χ2n) is 7.65. The lowest BCUT2D eigenvalue weighted by Gasteiger charge is -2.35. The molecule has 0 spiro atoms. The summed E-state index contributed by atoms with van der Waals surface area (Å²) in [5, 5.41) is 0. The monoisotopic (exact) mass is 364 g/mol. The van der Waals surface area contributed by atoms with Gasteiger partial charge in [0.15, 0.2) is 0 Å². The molecule has 0 unspecified atom stereocenters. The van der Waals surface area contributed by atoms with Crippen LogP contribution in [0.15, 0.2) is 29.2 Å². The largest absolute Gasteiger partial charge is 0.338 e. The number of hydrogen-bond acceptors (Lipinski definition) is 3. The number of piperidine rings is 2. The zero-order valence-electron chi connectivity index (χ0n) is 15.1. The maximum atomic E-state index is 12.9. The summed E-state index contributed by atoms with van der Waals surface area (Å²) in [4.78, 5) is 15.0. The lowest BCUT2D eigenvalue weighted by molar-refractivity contribution is 0.0623. The maximum Gasteiger partial charge on any atom is 0.253 e. The zero-order chi connectivity index (χ0) is 18.0. The van der Waals surface area contributed by atoms with Crippen LogP contribution < -0.4 is 0 Å². The molecule has 2 aliphatic rings. The number of rotatable bonds is 3. The predicted molar refractivity (Wildman–Crippen MR) is 97.9 cm³/mol. The fourth-order valence-corrected chi connectivity index (χ4v) is 5.62. The first-order chi connectivity index (χ1) is 11.9. The topological polar surface area (TPSA) is 57.7 Å². The molecule has 2 heterocycles. The third kappa shape index (κ3) is 4.06. The van der Waals surface area contributed by atoms with Gasteiger partial charge in [-0.3, -0.25) is 4.79 Å². The number of carbonyl (C=O) groups excluding carboxylic acids is 1. The van der Waals surface area contributed by atoms with Crippen molar-refractivity contribution in [1.82, 2.24) is 9.21 Å². The molecular formula is C19H28N2O3S. The molecule has 0 N–H and O–H groups in total. The number of likely N-dealkylation sites (tertiary alicyclic amines) is 1. The second kappa shape index (κ2) is 7.46. The molecule has 1 aromatic rings. The summed E-state index contributed by atoms with van der Waals surface area (Å²) < 4.78 is 27.2. The van der Waals surface area contributed by atoms with Gasteiger partial charge in [-0.2, -0.15) is 4.31 Å². The molecular weight excluding hydrogens is 336 g/mol. The third-order valence-electron chi connectivity index (χ3n) is 5.19. The molecule has 1 aromatic carbocycles. The molecule has 2 fully saturated rings. The van der Waals surface area contributed by atoms with E-state index in [1.807, 2.05) is 4.90 Å². The predicted octanol–water partition coefficient (Wildman–Crippen LogP) is 2.98. The van der Waals surface area contributed by atoms with E-state index in [0.717, 1.165) is 38.8 Å². The second-order valence-corrected chi connectivity index (χ2v) is 9.59. The van der Waals surface area contributed by atoms with Crippen LogP contribution in [0.5, 0.6) is 0 Å². The fourth-order valence-electron chi connectivity index (χ4n) is 4.06. The Morgan fingerprint density at radius 2 is 1.68 bits per heavy atom. The molecule has 25 heavy (non-hydrogen) atoms. The van der Waals surface area contributed by atoms with Gasteiger partial charge in [0.2, 0.25) is 10.0 Å². The van der Waals surface area contributed by atoms with Crippen molar-refractivity contribution in [1.29, 1.82) is 0 Å². The van der Waals surface area contributed by atoms with Gasteiger partial charge in [-0.15, -0.1) is 0 Å². The minimum atomic E-state index is -3.51. The summed E-state index contributed by atoms with van der Waals surface area (Å²) in [6, 6.07) is 6.56. The average molecular weight is 365 g/mol. The summed E-state index contributed by atoms with van der Waals surface area (Å²) in [5.74, 6) is 0.898. The van der Waals surface area contributed by atoms with Crippen molar-refractivity contribution >= 4 is 15.9 Å². The van der Waals surface area contributed by atoms with E-state index in [2.05, 4.69) is 13.8 Å². The number of benzene rings is 1. The zero-order valence-corrected chi connectivity index (χ0v) is 16.0. The molecule has 0 saturated carbocycles. The lowest BCUT2D eigenvalue weighted by atomic mass is 9.91. The number of amides is 1. The van der Waals surface area contributed by atoms with Gasteiger partial charge in [-0.25, -0.2) is 8.42 Å². The van der Waals surface area contributed by atoms with E-state index in [1.54, 1.807) is 28.6 Å². The number of carbonyl (C=O) groups is 1. The van der Waals surface area contributed by atoms with Crippen molar-refractivity contribution in [3.05, 3.63) is 29.8 Å². The average Bonchev–Trinajstić information content (AvgIpc) is 2.61. The summed E-state index contributed by atoms with van der Waals surface area (Å²) in [6.45, 7) is 6.95. The first kappa shape index (κ1) is 18.4. The first-order valence-electron chi connectivity index (χ1n) is 9.27. The van der Waals surface area contributed by atoms with Crippen molar-refractivity contribution in [3.8, 4) is 0 Å². The Hall–Kier alpha value is -1.40. The van der Waals surface area contributed by atoms with Crippen molar-refractivity contribution in [2.75, 3.05) is 26.2 Å². The van der Waals surface area contributed by atoms with Gasteiger partial charge in [0.05, 0.1) is 4.90 Å². The van der Waals surface area contributed by atoms with Crippen molar-refractivity contribution in [2.45, 2.75) is 44.4 Å². The quantitative estimate of drug-likeness (QED) is 0.828. The molecule has 5 nitrogen and oxygen atoms in total. The molecule has 3 rings (SSSR count). The summed E-state index contributed by atoms with van der Waals surface area (Å²) in [7, 11) is -3.51. The summed E-state index contributed by atoms with van der Waals surface area (Å²) >= 11 is 0. The van der Waals surface area contributed by atoms with Gasteiger partial charge in [-0.1, -0.05) is 26.3 Å². The highest BCUT2D eigenvalue weighted by molar-refractivity contribution is 7.89. The van der Waals surface area contributed by atoms with Crippen molar-refractivity contribution < 1.29 is 13.2 Å². The van der Waals surface area contributed by atoms with Crippen LogP contribution in [-0.4, -0.2) is 49.7 Å². The van der Waals surface area contributed by atoms with Gasteiger partial charge in [0.25, 0.3) is 5.91 Å². The highest BCUT2D eigenvalue weighted by atomic mass is 32.2. The molecule has 2 aliphatic heterocycles. The minimum absolute atomic E-state index is 0.0610. The molecule has 0 bridgehead atoms. The van der Waals surface area contributed by atoms with Gasteiger partial charge >= 0.3 is 0 Å². The van der Waals surface area contributed by atoms with Crippen LogP contribution >= 0.6 is 0 Å². The van der Waals surface area contributed by atoms with Crippen LogP contribution in [-0.2, 0) is 10.0 Å². The number of hydrogen-bond donors (Lipinski definition) is 0. The lowest BCUT2D eigenvalue weighted by Crippen LogP contribution is -2.42. The molecule has 2 saturated heterocycles. The van der Waals surface area contributed by atoms with Gasteiger partial charge in [0.1, 0.15) is 0 Å². The van der Waals surface area contributed by atoms with Crippen LogP contribution in [0.1, 0.15) is 49.9 Å². The molecule has 1 amide bonds. The molecule has 0 aliphatic carbocycles. The van der Waals surface area contributed by atoms with E-state index in [-0.39, 0.29) is 10.8 Å². The van der Waals surface area contributed by atoms with Crippen LogP contribution in [0.3, 0.4) is 0 Å². The van der Waals surface area contributed by atoms with Crippen molar-refractivity contribution in [3.63, 3.8) is 0 Å². The van der Waals surface area contributed by atoms with Gasteiger partial charge in [-0.05, 0) is 49.3 Å². The Labute approximate surface area is 151 Å². The van der Waals surface area contributed by atoms with Crippen LogP contribution in [0.25, 0.3) is 0 Å². The Morgan fingerprint density at radius 1 is 1.04 bits per heavy atom. The van der Waals surface area contributed by atoms with Crippen molar-refractivity contribution in [2.24, 2.45) is 11.8 Å². The molecule has 138 valence electrons. The van der Waals surface area contributed by atoms with E-state index >= 15 is 0 Å². The fraction of sp³-hybridized carbons (Fsp3) is 0.632. The van der Waals surface area contributed by atoms with Crippen LogP contribution in [0.2, 0.25) is 0 Å². The Morgan fingerprint density at radius 3 is 2.32 bits per heavy atom. The molecule has 0 aromatic heterocycles. The Balaban J connectivity index is 1.82. The van der Waals surface area contributed by atoms with E-state index in [4.69, 9.17) is 0 Å². The Kier molecular flexibility index (Phi) is 5.49. The van der Waals surface area contributed by atoms with Gasteiger partial charge in [0, 0.05) is 31.7 Å². The SMILES string of the molecule is C[C@H]1C[C@H](C)CN(C(=O)c2cccc(S(=O)(=O)N3CCCCC3)c2)C1. The molecule has 6 heteroatoms. The van der Waals surface area contributed by atoms with Crippen LogP contribution in [0.4, 0.5) is 0 Å². The van der Waals surface area contributed by atoms with Gasteiger partial charge < -0.3 is 4.90 Å². The molecule has 0 radical (unpaired) electrons. The van der Waals surface area contributed by atoms with E-state index < -0.39 is 10.0 Å². The first-order valence-corrected chi connectivity index (χ1v) is 10.7. The van der Waals surface area contributed by atoms with E-state index in [9.17, 15) is 13.2 Å². The highest BCUT2D eigenvalue weighted by Crippen LogP contribution is 2.25. The Bertz CT molecular complexity index is 716. The van der Waals surface area contributed by atoms with E-state index in [1.165, 1.54) is 0 Å². The summed E-state index contributed by atoms with van der Waals surface area (Å²) in [6.07, 6.45) is 4.02. The maximum absolute atomic E-state index is 12.9. The minimum Gasteiger partial charge on any atom is -0.338 e. The standard InChI is InChI=1S/C19H28N2O3S/c1-15-11-16(2)14-20(13-15)19(22)17-7-6-8-18(12-17)25(23,24)21-9-4-3-5-10-21/h6-8,12,15-16H,3-5,9-11,13-14H2,1-2H3/t15-,16-/m0/s1. The summed E-state index contributed by atoms with van der Waals surface area (Å²) in [5.41, 5.74) is 0.472. The number of nitrogens with zero attached hydrogens (tertiary/aromatic N) is 2.